The van der Waals surface area contributed by atoms with Gasteiger partial charge in [-0.2, -0.15) is 0 Å². The van der Waals surface area contributed by atoms with E-state index in [-0.39, 0.29) is 0 Å². The van der Waals surface area contributed by atoms with Gasteiger partial charge in [-0.3, -0.25) is 4.98 Å². The molecule has 0 aliphatic heterocycles. The highest BCUT2D eigenvalue weighted by Gasteiger charge is 2.01. The fourth-order valence-corrected chi connectivity index (χ4v) is 1.59. The van der Waals surface area contributed by atoms with E-state index in [1.807, 2.05) is 24.3 Å². The number of halogens is 2. The Morgan fingerprint density at radius 3 is 2.71 bits per heavy atom. The van der Waals surface area contributed by atoms with Gasteiger partial charge < -0.3 is 0 Å². The van der Waals surface area contributed by atoms with E-state index in [4.69, 9.17) is 11.6 Å². The molecule has 0 atom stereocenters. The summed E-state index contributed by atoms with van der Waals surface area (Å²) in [5, 5.41) is 0.476. The number of pyridine rings is 2. The lowest BCUT2D eigenvalue weighted by Crippen LogP contribution is -1.86. The molecule has 2 rings (SSSR count). The van der Waals surface area contributed by atoms with Gasteiger partial charge in [0, 0.05) is 10.7 Å². The Labute approximate surface area is 95.1 Å². The van der Waals surface area contributed by atoms with Gasteiger partial charge in [0.05, 0.1) is 11.4 Å². The second-order valence-corrected chi connectivity index (χ2v) is 4.01. The summed E-state index contributed by atoms with van der Waals surface area (Å²) in [4.78, 5) is 8.37. The summed E-state index contributed by atoms with van der Waals surface area (Å²) in [6.07, 6.45) is 1.72. The van der Waals surface area contributed by atoms with Crippen molar-refractivity contribution < 1.29 is 0 Å². The minimum atomic E-state index is 0.476. The zero-order chi connectivity index (χ0) is 9.97. The van der Waals surface area contributed by atoms with Crippen molar-refractivity contribution in [3.05, 3.63) is 46.2 Å². The predicted molar refractivity (Wildman–Crippen MR) is 60.2 cm³/mol. The molecule has 0 fully saturated rings. The Bertz CT molecular complexity index is 416. The lowest BCUT2D eigenvalue weighted by Gasteiger charge is -2.00. The van der Waals surface area contributed by atoms with Crippen molar-refractivity contribution in [2.75, 3.05) is 0 Å². The van der Waals surface area contributed by atoms with E-state index in [0.717, 1.165) is 15.9 Å². The lowest BCUT2D eigenvalue weighted by molar-refractivity contribution is 1.24. The van der Waals surface area contributed by atoms with E-state index < -0.39 is 0 Å². The van der Waals surface area contributed by atoms with Crippen molar-refractivity contribution >= 4 is 27.5 Å². The Kier molecular flexibility index (Phi) is 2.79. The van der Waals surface area contributed by atoms with Crippen LogP contribution in [0.3, 0.4) is 0 Å². The second kappa shape index (κ2) is 4.07. The van der Waals surface area contributed by atoms with Crippen LogP contribution in [0, 0.1) is 0 Å². The minimum Gasteiger partial charge on any atom is -0.255 e. The van der Waals surface area contributed by atoms with Crippen LogP contribution >= 0.6 is 27.5 Å². The molecule has 0 amide bonds. The first-order valence-corrected chi connectivity index (χ1v) is 5.17. The van der Waals surface area contributed by atoms with Gasteiger partial charge in [0.15, 0.2) is 0 Å². The van der Waals surface area contributed by atoms with Crippen LogP contribution in [0.2, 0.25) is 5.15 Å². The molecule has 0 saturated heterocycles. The fraction of sp³-hybridized carbons (Fsp3) is 0. The summed E-state index contributed by atoms with van der Waals surface area (Å²) in [6.45, 7) is 0. The molecule has 0 unspecified atom stereocenters. The normalized spacial score (nSPS) is 10.1. The summed E-state index contributed by atoms with van der Waals surface area (Å²) in [7, 11) is 0. The Morgan fingerprint density at radius 1 is 1.14 bits per heavy atom. The van der Waals surface area contributed by atoms with E-state index >= 15 is 0 Å². The van der Waals surface area contributed by atoms with Crippen LogP contribution in [0.15, 0.2) is 41.0 Å². The number of rotatable bonds is 1. The third-order valence-electron chi connectivity index (χ3n) is 1.70. The molecule has 0 aliphatic rings. The molecule has 0 spiro atoms. The van der Waals surface area contributed by atoms with Gasteiger partial charge in [-0.05, 0) is 24.3 Å². The van der Waals surface area contributed by atoms with Crippen molar-refractivity contribution in [1.82, 2.24) is 9.97 Å². The van der Waals surface area contributed by atoms with Crippen LogP contribution < -0.4 is 0 Å². The van der Waals surface area contributed by atoms with Crippen LogP contribution in [-0.2, 0) is 0 Å². The van der Waals surface area contributed by atoms with Gasteiger partial charge in [0.1, 0.15) is 5.15 Å². The first kappa shape index (κ1) is 9.62. The molecule has 0 saturated carbocycles. The fourth-order valence-electron chi connectivity index (χ4n) is 1.10. The molecule has 0 aromatic carbocycles. The molecule has 0 radical (unpaired) electrons. The third kappa shape index (κ3) is 2.11. The Hall–Kier alpha value is -0.930. The van der Waals surface area contributed by atoms with Gasteiger partial charge in [0.2, 0.25) is 0 Å². The average Bonchev–Trinajstić information content (AvgIpc) is 2.18. The van der Waals surface area contributed by atoms with Gasteiger partial charge >= 0.3 is 0 Å². The summed E-state index contributed by atoms with van der Waals surface area (Å²) in [5.74, 6) is 0. The number of hydrogen-bond donors (Lipinski definition) is 0. The SMILES string of the molecule is Clc1cccc(-c2cc(Br)ccn2)n1. The number of nitrogens with zero attached hydrogens (tertiary/aromatic N) is 2. The average molecular weight is 270 g/mol. The largest absolute Gasteiger partial charge is 0.255 e. The molecule has 0 N–H and O–H groups in total. The van der Waals surface area contributed by atoms with Crippen molar-refractivity contribution in [2.24, 2.45) is 0 Å². The quantitative estimate of drug-likeness (QED) is 0.740. The molecule has 2 heterocycles. The van der Waals surface area contributed by atoms with Gasteiger partial charge in [-0.15, -0.1) is 0 Å². The molecule has 2 aromatic heterocycles. The summed E-state index contributed by atoms with van der Waals surface area (Å²) < 4.78 is 0.976. The summed E-state index contributed by atoms with van der Waals surface area (Å²) in [5.41, 5.74) is 1.58. The van der Waals surface area contributed by atoms with Crippen LogP contribution in [-0.4, -0.2) is 9.97 Å². The van der Waals surface area contributed by atoms with Crippen LogP contribution in [0.5, 0.6) is 0 Å². The standard InChI is InChI=1S/C10H6BrClN2/c11-7-4-5-13-9(6-7)8-2-1-3-10(12)14-8/h1-6H. The predicted octanol–water partition coefficient (Wildman–Crippen LogP) is 3.56. The summed E-state index contributed by atoms with van der Waals surface area (Å²) >= 11 is 9.16. The van der Waals surface area contributed by atoms with E-state index in [0.29, 0.717) is 5.15 Å². The third-order valence-corrected chi connectivity index (χ3v) is 2.40. The number of aromatic nitrogens is 2. The lowest BCUT2D eigenvalue weighted by atomic mass is 10.2. The van der Waals surface area contributed by atoms with Crippen LogP contribution in [0.25, 0.3) is 11.4 Å². The highest BCUT2D eigenvalue weighted by molar-refractivity contribution is 9.10. The maximum absolute atomic E-state index is 5.78. The van der Waals surface area contributed by atoms with E-state index in [2.05, 4.69) is 25.9 Å². The molecule has 0 bridgehead atoms. The van der Waals surface area contributed by atoms with E-state index in [1.54, 1.807) is 12.3 Å². The Morgan fingerprint density at radius 2 is 2.00 bits per heavy atom. The van der Waals surface area contributed by atoms with E-state index in [9.17, 15) is 0 Å². The molecule has 70 valence electrons. The van der Waals surface area contributed by atoms with Crippen LogP contribution in [0.1, 0.15) is 0 Å². The van der Waals surface area contributed by atoms with Crippen molar-refractivity contribution in [3.8, 4) is 11.4 Å². The molecular formula is C10H6BrClN2. The molecule has 2 nitrogen and oxygen atoms in total. The van der Waals surface area contributed by atoms with Crippen molar-refractivity contribution in [1.29, 1.82) is 0 Å². The Balaban J connectivity index is 2.49. The molecule has 2 aromatic rings. The second-order valence-electron chi connectivity index (χ2n) is 2.70. The van der Waals surface area contributed by atoms with Gasteiger partial charge in [-0.25, -0.2) is 4.98 Å². The van der Waals surface area contributed by atoms with Crippen molar-refractivity contribution in [2.45, 2.75) is 0 Å². The zero-order valence-electron chi connectivity index (χ0n) is 7.11. The minimum absolute atomic E-state index is 0.476. The monoisotopic (exact) mass is 268 g/mol. The van der Waals surface area contributed by atoms with Gasteiger partial charge in [0.25, 0.3) is 0 Å². The molecule has 14 heavy (non-hydrogen) atoms. The highest BCUT2D eigenvalue weighted by Crippen LogP contribution is 2.19. The molecule has 0 aliphatic carbocycles. The highest BCUT2D eigenvalue weighted by atomic mass is 79.9. The zero-order valence-corrected chi connectivity index (χ0v) is 9.46. The first-order valence-electron chi connectivity index (χ1n) is 4.00. The first-order chi connectivity index (χ1) is 6.75. The molecule has 4 heteroatoms. The molecular weight excluding hydrogens is 263 g/mol. The topological polar surface area (TPSA) is 25.8 Å². The smallest absolute Gasteiger partial charge is 0.129 e. The maximum Gasteiger partial charge on any atom is 0.129 e. The van der Waals surface area contributed by atoms with E-state index in [1.165, 1.54) is 0 Å². The maximum atomic E-state index is 5.78. The number of hydrogen-bond acceptors (Lipinski definition) is 2. The van der Waals surface area contributed by atoms with Crippen LogP contribution in [0.4, 0.5) is 0 Å². The van der Waals surface area contributed by atoms with Gasteiger partial charge in [-0.1, -0.05) is 33.6 Å². The van der Waals surface area contributed by atoms with Crippen molar-refractivity contribution in [3.63, 3.8) is 0 Å². The summed E-state index contributed by atoms with van der Waals surface area (Å²) in [6, 6.07) is 9.24.